The number of carbonyl (C=O) groups excluding carboxylic acids is 1. The lowest BCUT2D eigenvalue weighted by atomic mass is 9.99. The van der Waals surface area contributed by atoms with Gasteiger partial charge in [-0.05, 0) is 48.0 Å². The van der Waals surface area contributed by atoms with E-state index in [1.807, 2.05) is 0 Å². The predicted octanol–water partition coefficient (Wildman–Crippen LogP) is 1.73. The van der Waals surface area contributed by atoms with Gasteiger partial charge in [0.15, 0.2) is 17.3 Å². The number of phenolic OH excluding ortho intramolecular Hbond substituents is 4. The third-order valence-corrected chi connectivity index (χ3v) is 6.98. The first-order valence-electron chi connectivity index (χ1n) is 13.4. The Labute approximate surface area is 253 Å². The van der Waals surface area contributed by atoms with E-state index in [4.69, 9.17) is 23.4 Å². The van der Waals surface area contributed by atoms with E-state index in [2.05, 4.69) is 0 Å². The number of fused-ring (bicyclic) bond motifs is 1. The molecule has 1 saturated heterocycles. The molecule has 5 rings (SSSR count). The molecule has 4 aromatic rings. The van der Waals surface area contributed by atoms with Gasteiger partial charge in [0.1, 0.15) is 53.5 Å². The summed E-state index contributed by atoms with van der Waals surface area (Å²) >= 11 is 0. The molecule has 0 bridgehead atoms. The molecule has 0 saturated carbocycles. The van der Waals surface area contributed by atoms with Gasteiger partial charge in [0.25, 0.3) is 0 Å². The molecule has 1 aromatic heterocycles. The van der Waals surface area contributed by atoms with Gasteiger partial charge in [-0.3, -0.25) is 4.79 Å². The number of hydrogen-bond donors (Lipinski definition) is 7. The molecule has 0 aliphatic carbocycles. The number of methoxy groups -OCH3 is 1. The fraction of sp³-hybridized carbons (Fsp3) is 0.226. The van der Waals surface area contributed by atoms with Crippen molar-refractivity contribution in [2.45, 2.75) is 30.7 Å². The van der Waals surface area contributed by atoms with E-state index >= 15 is 0 Å². The Morgan fingerprint density at radius 1 is 0.889 bits per heavy atom. The van der Waals surface area contributed by atoms with E-state index < -0.39 is 77.1 Å². The Hall–Kier alpha value is -5.28. The summed E-state index contributed by atoms with van der Waals surface area (Å²) in [7, 11) is 1.15. The second-order valence-electron chi connectivity index (χ2n) is 9.97. The van der Waals surface area contributed by atoms with E-state index in [-0.39, 0.29) is 28.4 Å². The summed E-state index contributed by atoms with van der Waals surface area (Å²) in [6.07, 6.45) is -6.31. The normalized spacial score (nSPS) is 21.6. The number of rotatable bonds is 8. The largest absolute Gasteiger partial charge is 0.508 e. The molecule has 5 atom stereocenters. The molecular weight excluding hydrogens is 596 g/mol. The summed E-state index contributed by atoms with van der Waals surface area (Å²) in [5.74, 6) is -3.51. The number of hydrogen-bond acceptors (Lipinski definition) is 14. The lowest BCUT2D eigenvalue weighted by Crippen LogP contribution is -2.60. The highest BCUT2D eigenvalue weighted by Gasteiger charge is 2.46. The summed E-state index contributed by atoms with van der Waals surface area (Å²) in [4.78, 5) is 26.0. The van der Waals surface area contributed by atoms with Gasteiger partial charge >= 0.3 is 5.97 Å². The zero-order chi connectivity index (χ0) is 32.4. The minimum absolute atomic E-state index is 0.0446. The van der Waals surface area contributed by atoms with Gasteiger partial charge in [-0.2, -0.15) is 0 Å². The zero-order valence-electron chi connectivity index (χ0n) is 23.4. The Balaban J connectivity index is 1.45. The fourth-order valence-corrected chi connectivity index (χ4v) is 4.63. The van der Waals surface area contributed by atoms with Crippen molar-refractivity contribution in [3.8, 4) is 45.8 Å². The number of aliphatic hydroxyl groups excluding tert-OH is 3. The first-order valence-corrected chi connectivity index (χ1v) is 13.4. The quantitative estimate of drug-likeness (QED) is 0.110. The average Bonchev–Trinajstić information content (AvgIpc) is 3.01. The SMILES string of the molecule is COc1c(O)cc2oc(-c3ccc(O)cc3)c(O[C@@H]3O[C@H](COC(=O)C=Cc4ccc(O)cc4)[C@@H](O)[C@H](O)[C@H]3O)c(=O)c2c1O. The lowest BCUT2D eigenvalue weighted by Gasteiger charge is -2.39. The highest BCUT2D eigenvalue weighted by molar-refractivity contribution is 5.91. The van der Waals surface area contributed by atoms with Crippen LogP contribution < -0.4 is 14.9 Å². The van der Waals surface area contributed by atoms with Crippen molar-refractivity contribution in [1.29, 1.82) is 0 Å². The van der Waals surface area contributed by atoms with Gasteiger partial charge in [-0.15, -0.1) is 0 Å². The van der Waals surface area contributed by atoms with Crippen molar-refractivity contribution >= 4 is 23.0 Å². The van der Waals surface area contributed by atoms with Crippen molar-refractivity contribution in [3.63, 3.8) is 0 Å². The van der Waals surface area contributed by atoms with Crippen molar-refractivity contribution < 1.29 is 63.9 Å². The van der Waals surface area contributed by atoms with Crippen LogP contribution in [0.3, 0.4) is 0 Å². The highest BCUT2D eigenvalue weighted by atomic mass is 16.7. The molecule has 1 fully saturated rings. The second-order valence-corrected chi connectivity index (χ2v) is 9.97. The number of ether oxygens (including phenoxy) is 4. The molecule has 45 heavy (non-hydrogen) atoms. The smallest absolute Gasteiger partial charge is 0.330 e. The molecule has 0 radical (unpaired) electrons. The number of aliphatic hydroxyl groups is 3. The van der Waals surface area contributed by atoms with Crippen molar-refractivity contribution in [2.24, 2.45) is 0 Å². The van der Waals surface area contributed by atoms with Crippen LogP contribution in [0.4, 0.5) is 0 Å². The van der Waals surface area contributed by atoms with Crippen LogP contribution in [-0.2, 0) is 14.3 Å². The number of esters is 1. The molecule has 14 heteroatoms. The van der Waals surface area contributed by atoms with E-state index in [9.17, 15) is 45.3 Å². The van der Waals surface area contributed by atoms with Crippen LogP contribution in [0.5, 0.6) is 34.5 Å². The van der Waals surface area contributed by atoms with Crippen molar-refractivity contribution in [1.82, 2.24) is 0 Å². The Bertz CT molecular complexity index is 1780. The number of benzene rings is 3. The summed E-state index contributed by atoms with van der Waals surface area (Å²) in [6.45, 7) is -0.599. The Morgan fingerprint density at radius 2 is 1.53 bits per heavy atom. The number of aromatic hydroxyl groups is 4. The van der Waals surface area contributed by atoms with E-state index in [1.54, 1.807) is 12.1 Å². The first-order chi connectivity index (χ1) is 21.5. The van der Waals surface area contributed by atoms with Crippen LogP contribution in [0, 0.1) is 0 Å². The van der Waals surface area contributed by atoms with Crippen LogP contribution in [0.15, 0.2) is 69.9 Å². The van der Waals surface area contributed by atoms with Gasteiger partial charge in [0, 0.05) is 17.7 Å². The third-order valence-electron chi connectivity index (χ3n) is 6.98. The van der Waals surface area contributed by atoms with Crippen LogP contribution in [0.25, 0.3) is 28.4 Å². The molecular formula is C31H28O14. The molecule has 0 spiro atoms. The van der Waals surface area contributed by atoms with Crippen LogP contribution >= 0.6 is 0 Å². The monoisotopic (exact) mass is 624 g/mol. The summed E-state index contributed by atoms with van der Waals surface area (Å²) in [5, 5.41) is 71.4. The second kappa shape index (κ2) is 12.8. The standard InChI is InChI=1S/C31H28O14/c1-41-29-18(34)12-19-22(24(29)37)25(38)30(28(43-19)15-5-9-17(33)10-6-15)45-31-27(40)26(39)23(36)20(44-31)13-42-21(35)11-4-14-2-7-16(32)8-3-14/h2-12,20,23,26-27,31-34,36-37,39-40H,13H2,1H3/t20-,23-,26+,27-,31+/m1/s1. The maximum absolute atomic E-state index is 13.7. The maximum atomic E-state index is 13.7. The summed E-state index contributed by atoms with van der Waals surface area (Å²) < 4.78 is 27.3. The maximum Gasteiger partial charge on any atom is 0.330 e. The summed E-state index contributed by atoms with van der Waals surface area (Å²) in [6, 6.07) is 12.3. The van der Waals surface area contributed by atoms with Crippen LogP contribution in [0.2, 0.25) is 0 Å². The van der Waals surface area contributed by atoms with Gasteiger partial charge in [-0.1, -0.05) is 12.1 Å². The molecule has 1 aliphatic heterocycles. The first kappa shape index (κ1) is 31.2. The highest BCUT2D eigenvalue weighted by Crippen LogP contribution is 2.43. The molecule has 236 valence electrons. The lowest BCUT2D eigenvalue weighted by molar-refractivity contribution is -0.278. The van der Waals surface area contributed by atoms with Crippen LogP contribution in [-0.4, -0.2) is 86.1 Å². The molecule has 14 nitrogen and oxygen atoms in total. The topological polar surface area (TPSA) is 226 Å². The Morgan fingerprint density at radius 3 is 2.18 bits per heavy atom. The molecule has 0 unspecified atom stereocenters. The molecule has 1 aliphatic rings. The van der Waals surface area contributed by atoms with Gasteiger partial charge in [0.2, 0.25) is 23.2 Å². The molecule has 2 heterocycles. The molecule has 0 amide bonds. The van der Waals surface area contributed by atoms with Gasteiger partial charge in [0.05, 0.1) is 7.11 Å². The number of phenols is 4. The predicted molar refractivity (Wildman–Crippen MR) is 155 cm³/mol. The zero-order valence-corrected chi connectivity index (χ0v) is 23.4. The third kappa shape index (κ3) is 6.34. The molecule has 7 N–H and O–H groups in total. The fourth-order valence-electron chi connectivity index (χ4n) is 4.63. The Kier molecular flexibility index (Phi) is 8.83. The van der Waals surface area contributed by atoms with Crippen molar-refractivity contribution in [3.05, 3.63) is 76.5 Å². The van der Waals surface area contributed by atoms with Crippen LogP contribution in [0.1, 0.15) is 5.56 Å². The van der Waals surface area contributed by atoms with Gasteiger partial charge in [-0.25, -0.2) is 4.79 Å². The minimum atomic E-state index is -1.92. The van der Waals surface area contributed by atoms with E-state index in [0.29, 0.717) is 5.56 Å². The molecule has 3 aromatic carbocycles. The van der Waals surface area contributed by atoms with E-state index in [0.717, 1.165) is 19.3 Å². The minimum Gasteiger partial charge on any atom is -0.508 e. The average molecular weight is 625 g/mol. The van der Waals surface area contributed by atoms with Gasteiger partial charge < -0.3 is 59.1 Å². The summed E-state index contributed by atoms with van der Waals surface area (Å²) in [5.41, 5.74) is -0.484. The van der Waals surface area contributed by atoms with E-state index in [1.165, 1.54) is 42.5 Å². The number of carbonyl (C=O) groups is 1. The van der Waals surface area contributed by atoms with Crippen molar-refractivity contribution in [2.75, 3.05) is 13.7 Å².